The number of nitrogens with zero attached hydrogens (tertiary/aromatic N) is 2. The first-order valence-electron chi connectivity index (χ1n) is 6.09. The van der Waals surface area contributed by atoms with Crippen molar-refractivity contribution in [3.05, 3.63) is 46.2 Å². The van der Waals surface area contributed by atoms with Crippen LogP contribution in [0.15, 0.2) is 29.8 Å². The number of hydrogen-bond acceptors (Lipinski definition) is 4. The smallest absolute Gasteiger partial charge is 0.347 e. The lowest BCUT2D eigenvalue weighted by Crippen LogP contribution is -2.34. The first kappa shape index (κ1) is 15.4. The topological polar surface area (TPSA) is 54.9 Å². The number of rotatable bonds is 5. The lowest BCUT2D eigenvalue weighted by Gasteiger charge is -2.07. The number of alkyl halides is 3. The SMILES string of the molecule is O=C(Cc1csc(Cc2ccccn2)n1)NCC(F)(F)F. The molecule has 0 saturated carbocycles. The maximum absolute atomic E-state index is 12.0. The zero-order valence-corrected chi connectivity index (χ0v) is 11.7. The van der Waals surface area contributed by atoms with Crippen LogP contribution in [0.2, 0.25) is 0 Å². The van der Waals surface area contributed by atoms with E-state index in [1.165, 1.54) is 11.3 Å². The van der Waals surface area contributed by atoms with Crippen LogP contribution in [0.5, 0.6) is 0 Å². The summed E-state index contributed by atoms with van der Waals surface area (Å²) in [4.78, 5) is 19.8. The van der Waals surface area contributed by atoms with Crippen LogP contribution in [-0.4, -0.2) is 28.6 Å². The minimum absolute atomic E-state index is 0.158. The molecule has 0 fully saturated rings. The summed E-state index contributed by atoms with van der Waals surface area (Å²) in [5.41, 5.74) is 1.31. The molecule has 0 radical (unpaired) electrons. The van der Waals surface area contributed by atoms with E-state index in [2.05, 4.69) is 9.97 Å². The van der Waals surface area contributed by atoms with Crippen LogP contribution in [0, 0.1) is 0 Å². The van der Waals surface area contributed by atoms with Gasteiger partial charge in [-0.25, -0.2) is 4.98 Å². The molecule has 0 aromatic carbocycles. The number of halogens is 3. The first-order valence-corrected chi connectivity index (χ1v) is 6.97. The van der Waals surface area contributed by atoms with Crippen molar-refractivity contribution in [1.29, 1.82) is 0 Å². The van der Waals surface area contributed by atoms with Gasteiger partial charge in [-0.05, 0) is 12.1 Å². The fourth-order valence-corrected chi connectivity index (χ4v) is 2.40. The van der Waals surface area contributed by atoms with Gasteiger partial charge in [0.05, 0.1) is 17.1 Å². The number of amides is 1. The van der Waals surface area contributed by atoms with Crippen LogP contribution in [0.3, 0.4) is 0 Å². The zero-order chi connectivity index (χ0) is 15.3. The normalized spacial score (nSPS) is 11.4. The van der Waals surface area contributed by atoms with Crippen LogP contribution in [0.25, 0.3) is 0 Å². The molecule has 0 atom stereocenters. The second kappa shape index (κ2) is 6.66. The van der Waals surface area contributed by atoms with Gasteiger partial charge in [-0.15, -0.1) is 11.3 Å². The van der Waals surface area contributed by atoms with Crippen LogP contribution in [0.4, 0.5) is 13.2 Å². The Morgan fingerprint density at radius 1 is 1.29 bits per heavy atom. The molecule has 8 heteroatoms. The highest BCUT2D eigenvalue weighted by atomic mass is 32.1. The number of aromatic nitrogens is 2. The third-order valence-electron chi connectivity index (χ3n) is 2.49. The van der Waals surface area contributed by atoms with E-state index >= 15 is 0 Å². The Labute approximate surface area is 123 Å². The molecule has 112 valence electrons. The van der Waals surface area contributed by atoms with Crippen molar-refractivity contribution in [2.75, 3.05) is 6.54 Å². The van der Waals surface area contributed by atoms with Gasteiger partial charge in [-0.1, -0.05) is 6.07 Å². The van der Waals surface area contributed by atoms with Gasteiger partial charge in [-0.2, -0.15) is 13.2 Å². The second-order valence-electron chi connectivity index (χ2n) is 4.30. The van der Waals surface area contributed by atoms with Gasteiger partial charge in [0.25, 0.3) is 0 Å². The maximum atomic E-state index is 12.0. The molecule has 0 aliphatic heterocycles. The van der Waals surface area contributed by atoms with Gasteiger partial charge in [0.1, 0.15) is 6.54 Å². The van der Waals surface area contributed by atoms with Crippen LogP contribution in [-0.2, 0) is 17.6 Å². The number of hydrogen-bond donors (Lipinski definition) is 1. The lowest BCUT2D eigenvalue weighted by atomic mass is 10.3. The number of carbonyl (C=O) groups excluding carboxylic acids is 1. The monoisotopic (exact) mass is 315 g/mol. The van der Waals surface area contributed by atoms with E-state index in [1.54, 1.807) is 11.6 Å². The van der Waals surface area contributed by atoms with Crippen molar-refractivity contribution in [2.24, 2.45) is 0 Å². The van der Waals surface area contributed by atoms with E-state index in [0.717, 1.165) is 10.7 Å². The standard InChI is InChI=1S/C13H12F3N3OS/c14-13(15,16)8-18-11(20)5-10-7-21-12(19-10)6-9-3-1-2-4-17-9/h1-4,7H,5-6,8H2,(H,18,20). The molecular weight excluding hydrogens is 303 g/mol. The molecule has 0 aliphatic rings. The van der Waals surface area contributed by atoms with Gasteiger partial charge >= 0.3 is 6.18 Å². The molecule has 0 saturated heterocycles. The van der Waals surface area contributed by atoms with E-state index in [0.29, 0.717) is 12.1 Å². The highest BCUT2D eigenvalue weighted by Gasteiger charge is 2.27. The van der Waals surface area contributed by atoms with E-state index in [9.17, 15) is 18.0 Å². The van der Waals surface area contributed by atoms with Crippen molar-refractivity contribution in [1.82, 2.24) is 15.3 Å². The Kier molecular flexibility index (Phi) is 4.89. The zero-order valence-electron chi connectivity index (χ0n) is 10.9. The molecule has 1 N–H and O–H groups in total. The first-order chi connectivity index (χ1) is 9.92. The fourth-order valence-electron chi connectivity index (χ4n) is 1.59. The van der Waals surface area contributed by atoms with Gasteiger partial charge in [0, 0.05) is 23.7 Å². The quantitative estimate of drug-likeness (QED) is 0.921. The van der Waals surface area contributed by atoms with Gasteiger partial charge in [0.15, 0.2) is 0 Å². The highest BCUT2D eigenvalue weighted by Crippen LogP contribution is 2.15. The Morgan fingerprint density at radius 2 is 2.10 bits per heavy atom. The molecule has 0 aliphatic carbocycles. The van der Waals surface area contributed by atoms with Crippen LogP contribution in [0.1, 0.15) is 16.4 Å². The molecule has 1 amide bonds. The molecule has 4 nitrogen and oxygen atoms in total. The summed E-state index contributed by atoms with van der Waals surface area (Å²) < 4.78 is 35.9. The third kappa shape index (κ3) is 5.50. The molecule has 2 heterocycles. The van der Waals surface area contributed by atoms with Crippen molar-refractivity contribution in [2.45, 2.75) is 19.0 Å². The molecular formula is C13H12F3N3OS. The van der Waals surface area contributed by atoms with E-state index in [1.807, 2.05) is 23.5 Å². The third-order valence-corrected chi connectivity index (χ3v) is 3.38. The number of nitrogens with one attached hydrogen (secondary N) is 1. The summed E-state index contributed by atoms with van der Waals surface area (Å²) in [6, 6.07) is 5.53. The summed E-state index contributed by atoms with van der Waals surface area (Å²) >= 11 is 1.36. The molecule has 21 heavy (non-hydrogen) atoms. The molecule has 2 aromatic heterocycles. The van der Waals surface area contributed by atoms with Crippen LogP contribution < -0.4 is 5.32 Å². The van der Waals surface area contributed by atoms with E-state index in [-0.39, 0.29) is 6.42 Å². The molecule has 0 unspecified atom stereocenters. The van der Waals surface area contributed by atoms with Crippen molar-refractivity contribution < 1.29 is 18.0 Å². The Hall–Kier alpha value is -1.96. The number of thiazole rings is 1. The highest BCUT2D eigenvalue weighted by molar-refractivity contribution is 7.09. The Balaban J connectivity index is 1.87. The van der Waals surface area contributed by atoms with Gasteiger partial charge < -0.3 is 5.32 Å². The minimum atomic E-state index is -4.40. The Morgan fingerprint density at radius 3 is 2.76 bits per heavy atom. The summed E-state index contributed by atoms with van der Waals surface area (Å²) in [6.07, 6.45) is -2.35. The summed E-state index contributed by atoms with van der Waals surface area (Å²) in [7, 11) is 0. The van der Waals surface area contributed by atoms with E-state index < -0.39 is 18.6 Å². The average molecular weight is 315 g/mol. The predicted octanol–water partition coefficient (Wildman–Crippen LogP) is 2.35. The molecule has 0 spiro atoms. The van der Waals surface area contributed by atoms with Gasteiger partial charge in [-0.3, -0.25) is 9.78 Å². The summed E-state index contributed by atoms with van der Waals surface area (Å²) in [6.45, 7) is -1.32. The minimum Gasteiger partial charge on any atom is -0.347 e. The van der Waals surface area contributed by atoms with Gasteiger partial charge in [0.2, 0.25) is 5.91 Å². The Bertz CT molecular complexity index is 598. The second-order valence-corrected chi connectivity index (χ2v) is 5.24. The molecule has 2 aromatic rings. The van der Waals surface area contributed by atoms with Crippen molar-refractivity contribution in [3.8, 4) is 0 Å². The van der Waals surface area contributed by atoms with Crippen molar-refractivity contribution in [3.63, 3.8) is 0 Å². The number of carbonyl (C=O) groups is 1. The van der Waals surface area contributed by atoms with E-state index in [4.69, 9.17) is 0 Å². The maximum Gasteiger partial charge on any atom is 0.405 e. The molecule has 0 bridgehead atoms. The summed E-state index contributed by atoms with van der Waals surface area (Å²) in [5, 5.41) is 4.26. The number of pyridine rings is 1. The predicted molar refractivity (Wildman–Crippen MR) is 71.9 cm³/mol. The fraction of sp³-hybridized carbons (Fsp3) is 0.308. The summed E-state index contributed by atoms with van der Waals surface area (Å²) in [5.74, 6) is -0.693. The molecule has 2 rings (SSSR count). The van der Waals surface area contributed by atoms with Crippen molar-refractivity contribution >= 4 is 17.2 Å². The lowest BCUT2D eigenvalue weighted by molar-refractivity contribution is -0.138. The largest absolute Gasteiger partial charge is 0.405 e. The van der Waals surface area contributed by atoms with Crippen LogP contribution >= 0.6 is 11.3 Å². The average Bonchev–Trinajstić information content (AvgIpc) is 2.84.